The van der Waals surface area contributed by atoms with E-state index in [9.17, 15) is 4.79 Å². The molecule has 0 aliphatic carbocycles. The summed E-state index contributed by atoms with van der Waals surface area (Å²) in [7, 11) is 0. The Morgan fingerprint density at radius 1 is 1.89 bits per heavy atom. The summed E-state index contributed by atoms with van der Waals surface area (Å²) in [5.74, 6) is 0.177. The van der Waals surface area contributed by atoms with E-state index < -0.39 is 5.72 Å². The lowest BCUT2D eigenvalue weighted by molar-refractivity contribution is -0.125. The molecule has 0 aromatic heterocycles. The van der Waals surface area contributed by atoms with E-state index in [4.69, 9.17) is 16.3 Å². The van der Waals surface area contributed by atoms with Crippen LogP contribution in [0.4, 0.5) is 0 Å². The highest BCUT2D eigenvalue weighted by Crippen LogP contribution is 2.10. The number of hydrogen-bond donors (Lipinski definition) is 1. The molecule has 4 heteroatoms. The predicted octanol–water partition coefficient (Wildman–Crippen LogP) is -0.260. The van der Waals surface area contributed by atoms with Crippen LogP contribution in [0.25, 0.3) is 0 Å². The molecule has 0 saturated carbocycles. The van der Waals surface area contributed by atoms with Gasteiger partial charge in [0.2, 0.25) is 0 Å². The number of carbonyl (C=O) groups excluding carboxylic acids is 1. The zero-order valence-corrected chi connectivity index (χ0v) is 5.65. The van der Waals surface area contributed by atoms with Crippen LogP contribution in [-0.4, -0.2) is 31.0 Å². The summed E-state index contributed by atoms with van der Waals surface area (Å²) in [5, 5.41) is 2.85. The predicted molar refractivity (Wildman–Crippen MR) is 33.5 cm³/mol. The van der Waals surface area contributed by atoms with Crippen LogP contribution in [0.1, 0.15) is 0 Å². The molecule has 1 fully saturated rings. The number of halogens is 1. The highest BCUT2D eigenvalue weighted by Gasteiger charge is 2.32. The van der Waals surface area contributed by atoms with Gasteiger partial charge in [-0.25, -0.2) is 0 Å². The summed E-state index contributed by atoms with van der Waals surface area (Å²) in [6, 6.07) is 0. The fourth-order valence-electron chi connectivity index (χ4n) is 0.740. The lowest BCUT2D eigenvalue weighted by Gasteiger charge is -2.17. The van der Waals surface area contributed by atoms with Crippen molar-refractivity contribution < 1.29 is 9.53 Å². The van der Waals surface area contributed by atoms with Crippen molar-refractivity contribution >= 4 is 17.9 Å². The molecule has 1 rings (SSSR count). The van der Waals surface area contributed by atoms with Crippen molar-refractivity contribution in [3.63, 3.8) is 0 Å². The summed E-state index contributed by atoms with van der Waals surface area (Å²) in [5.41, 5.74) is -0.887. The first-order chi connectivity index (χ1) is 4.33. The van der Waals surface area contributed by atoms with Crippen LogP contribution in [0, 0.1) is 0 Å². The molecule has 0 bridgehead atoms. The Labute approximate surface area is 58.3 Å². The first-order valence-corrected chi connectivity index (χ1v) is 3.28. The fourth-order valence-corrected chi connectivity index (χ4v) is 0.974. The minimum absolute atomic E-state index is 0.177. The number of nitrogens with one attached hydrogen (secondary N) is 1. The third kappa shape index (κ3) is 1.23. The maximum absolute atomic E-state index is 10.3. The van der Waals surface area contributed by atoms with E-state index in [0.29, 0.717) is 19.4 Å². The topological polar surface area (TPSA) is 38.3 Å². The van der Waals surface area contributed by atoms with Gasteiger partial charge in [-0.1, -0.05) is 0 Å². The van der Waals surface area contributed by atoms with Crippen molar-refractivity contribution in [1.29, 1.82) is 0 Å². The van der Waals surface area contributed by atoms with Crippen LogP contribution in [0.5, 0.6) is 0 Å². The second-order valence-corrected chi connectivity index (χ2v) is 2.18. The van der Waals surface area contributed by atoms with Crippen molar-refractivity contribution in [3.05, 3.63) is 0 Å². The first-order valence-electron chi connectivity index (χ1n) is 2.74. The van der Waals surface area contributed by atoms with E-state index in [0.717, 1.165) is 0 Å². The SMILES string of the molecule is O=CC1(CCl)NCCO1. The number of hydrogen-bond acceptors (Lipinski definition) is 3. The molecular weight excluding hydrogens is 142 g/mol. The van der Waals surface area contributed by atoms with Crippen molar-refractivity contribution in [2.24, 2.45) is 0 Å². The maximum Gasteiger partial charge on any atom is 0.189 e. The summed E-state index contributed by atoms with van der Waals surface area (Å²) in [6.07, 6.45) is 0.701. The Morgan fingerprint density at radius 3 is 2.89 bits per heavy atom. The molecule has 1 unspecified atom stereocenters. The third-order valence-corrected chi connectivity index (χ3v) is 1.67. The van der Waals surface area contributed by atoms with Gasteiger partial charge in [0.1, 0.15) is 0 Å². The van der Waals surface area contributed by atoms with Gasteiger partial charge in [-0.15, -0.1) is 11.6 Å². The molecule has 0 aromatic carbocycles. The molecule has 0 radical (unpaired) electrons. The molecule has 52 valence electrons. The molecule has 1 N–H and O–H groups in total. The molecule has 0 spiro atoms. The van der Waals surface area contributed by atoms with E-state index in [1.165, 1.54) is 0 Å². The summed E-state index contributed by atoms with van der Waals surface area (Å²) in [6.45, 7) is 1.26. The van der Waals surface area contributed by atoms with Gasteiger partial charge in [-0.05, 0) is 0 Å². The molecule has 0 aromatic rings. The molecule has 1 heterocycles. The molecule has 9 heavy (non-hydrogen) atoms. The average Bonchev–Trinajstić information content (AvgIpc) is 2.36. The molecule has 1 atom stereocenters. The van der Waals surface area contributed by atoms with Crippen molar-refractivity contribution in [1.82, 2.24) is 5.32 Å². The van der Waals surface area contributed by atoms with Crippen molar-refractivity contribution in [3.8, 4) is 0 Å². The molecule has 0 amide bonds. The van der Waals surface area contributed by atoms with Crippen LogP contribution < -0.4 is 5.32 Å². The first kappa shape index (κ1) is 6.99. The smallest absolute Gasteiger partial charge is 0.189 e. The highest BCUT2D eigenvalue weighted by atomic mass is 35.5. The third-order valence-electron chi connectivity index (χ3n) is 1.27. The lowest BCUT2D eigenvalue weighted by Crippen LogP contribution is -2.44. The Hall–Kier alpha value is -0.120. The molecule has 1 saturated heterocycles. The summed E-state index contributed by atoms with van der Waals surface area (Å²) < 4.78 is 5.03. The van der Waals surface area contributed by atoms with Gasteiger partial charge in [0.25, 0.3) is 0 Å². The zero-order valence-electron chi connectivity index (χ0n) is 4.89. The number of carbonyl (C=O) groups is 1. The Kier molecular flexibility index (Phi) is 2.05. The second kappa shape index (κ2) is 2.64. The normalized spacial score (nSPS) is 34.8. The van der Waals surface area contributed by atoms with Crippen molar-refractivity contribution in [2.75, 3.05) is 19.0 Å². The number of aldehydes is 1. The Balaban J connectivity index is 2.55. The van der Waals surface area contributed by atoms with Crippen LogP contribution >= 0.6 is 11.6 Å². The van der Waals surface area contributed by atoms with Gasteiger partial charge in [0, 0.05) is 6.54 Å². The van der Waals surface area contributed by atoms with Crippen LogP contribution in [0.3, 0.4) is 0 Å². The van der Waals surface area contributed by atoms with Gasteiger partial charge in [0.05, 0.1) is 12.5 Å². The van der Waals surface area contributed by atoms with Crippen LogP contribution in [0.15, 0.2) is 0 Å². The van der Waals surface area contributed by atoms with E-state index >= 15 is 0 Å². The average molecular weight is 150 g/mol. The van der Waals surface area contributed by atoms with Gasteiger partial charge >= 0.3 is 0 Å². The number of alkyl halides is 1. The second-order valence-electron chi connectivity index (χ2n) is 1.92. The summed E-state index contributed by atoms with van der Waals surface area (Å²) in [4.78, 5) is 10.3. The quantitative estimate of drug-likeness (QED) is 0.434. The highest BCUT2D eigenvalue weighted by molar-refractivity contribution is 6.19. The van der Waals surface area contributed by atoms with Crippen LogP contribution in [-0.2, 0) is 9.53 Å². The fraction of sp³-hybridized carbons (Fsp3) is 0.800. The Bertz CT molecular complexity index is 112. The number of ether oxygens (including phenoxy) is 1. The minimum Gasteiger partial charge on any atom is -0.351 e. The van der Waals surface area contributed by atoms with Gasteiger partial charge < -0.3 is 4.74 Å². The Morgan fingerprint density at radius 2 is 2.67 bits per heavy atom. The number of rotatable bonds is 2. The maximum atomic E-state index is 10.3. The van der Waals surface area contributed by atoms with Crippen LogP contribution in [0.2, 0.25) is 0 Å². The monoisotopic (exact) mass is 149 g/mol. The largest absolute Gasteiger partial charge is 0.351 e. The molecule has 1 aliphatic heterocycles. The van der Waals surface area contributed by atoms with E-state index in [1.54, 1.807) is 0 Å². The van der Waals surface area contributed by atoms with Gasteiger partial charge in [-0.2, -0.15) is 0 Å². The molecular formula is C5H8ClNO2. The molecule has 1 aliphatic rings. The lowest BCUT2D eigenvalue weighted by atomic mass is 10.3. The zero-order chi connectivity index (χ0) is 6.74. The van der Waals surface area contributed by atoms with E-state index in [1.807, 2.05) is 0 Å². The van der Waals surface area contributed by atoms with Gasteiger partial charge in [0.15, 0.2) is 12.0 Å². The van der Waals surface area contributed by atoms with Gasteiger partial charge in [-0.3, -0.25) is 10.1 Å². The van der Waals surface area contributed by atoms with Crippen molar-refractivity contribution in [2.45, 2.75) is 5.72 Å². The standard InChI is InChI=1S/C5H8ClNO2/c6-3-5(4-8)7-1-2-9-5/h4,7H,1-3H2. The van der Waals surface area contributed by atoms with E-state index in [-0.39, 0.29) is 5.88 Å². The van der Waals surface area contributed by atoms with E-state index in [2.05, 4.69) is 5.32 Å². The molecule has 3 nitrogen and oxygen atoms in total. The minimum atomic E-state index is -0.887. The summed E-state index contributed by atoms with van der Waals surface area (Å²) >= 11 is 5.45.